The van der Waals surface area contributed by atoms with E-state index in [-0.39, 0.29) is 6.03 Å². The Kier molecular flexibility index (Phi) is 4.92. The van der Waals surface area contributed by atoms with Gasteiger partial charge in [-0.25, -0.2) is 4.79 Å². The molecule has 0 spiro atoms. The number of carbonyl (C=O) groups is 1. The fourth-order valence-electron chi connectivity index (χ4n) is 0.873. The molecule has 2 amide bonds. The number of hydrogen-bond donors (Lipinski definition) is 3. The summed E-state index contributed by atoms with van der Waals surface area (Å²) in [6, 6.07) is 1.81. The highest BCUT2D eigenvalue weighted by molar-refractivity contribution is 7.98. The van der Waals surface area contributed by atoms with Gasteiger partial charge in [-0.2, -0.15) is 16.9 Å². The van der Waals surface area contributed by atoms with Crippen molar-refractivity contribution >= 4 is 17.8 Å². The lowest BCUT2D eigenvalue weighted by Crippen LogP contribution is -2.34. The molecule has 0 fully saturated rings. The first-order chi connectivity index (χ1) is 6.83. The fourth-order valence-corrected chi connectivity index (χ4v) is 1.63. The number of thioether (sulfide) groups is 1. The van der Waals surface area contributed by atoms with Crippen LogP contribution in [0.15, 0.2) is 12.3 Å². The lowest BCUT2D eigenvalue weighted by atomic mass is 10.5. The van der Waals surface area contributed by atoms with Crippen LogP contribution in [0, 0.1) is 0 Å². The molecular formula is C8H14N4OS. The number of nitrogens with one attached hydrogen (secondary N) is 3. The van der Waals surface area contributed by atoms with Crippen molar-refractivity contribution in [2.75, 3.05) is 19.3 Å². The molecule has 0 radical (unpaired) electrons. The van der Waals surface area contributed by atoms with Crippen LogP contribution in [0.4, 0.5) is 4.79 Å². The largest absolute Gasteiger partial charge is 0.341 e. The summed E-state index contributed by atoms with van der Waals surface area (Å²) in [5.74, 6) is 1.76. The Morgan fingerprint density at radius 1 is 1.71 bits per heavy atom. The first kappa shape index (κ1) is 10.9. The number of urea groups is 1. The number of aromatic nitrogens is 2. The van der Waals surface area contributed by atoms with E-state index in [0.29, 0.717) is 6.54 Å². The van der Waals surface area contributed by atoms with Crippen molar-refractivity contribution in [3.8, 4) is 0 Å². The Morgan fingerprint density at radius 2 is 2.57 bits per heavy atom. The average molecular weight is 214 g/mol. The van der Waals surface area contributed by atoms with Gasteiger partial charge in [0.15, 0.2) is 0 Å². The van der Waals surface area contributed by atoms with Crippen molar-refractivity contribution < 1.29 is 4.79 Å². The summed E-state index contributed by atoms with van der Waals surface area (Å²) < 4.78 is 0. The van der Waals surface area contributed by atoms with Gasteiger partial charge < -0.3 is 10.6 Å². The Hall–Kier alpha value is -1.17. The molecule has 1 aromatic heterocycles. The molecule has 1 heterocycles. The minimum Gasteiger partial charge on any atom is -0.341 e. The van der Waals surface area contributed by atoms with E-state index < -0.39 is 0 Å². The second kappa shape index (κ2) is 6.31. The Balaban J connectivity index is 1.97. The molecule has 0 unspecified atom stereocenters. The third-order valence-electron chi connectivity index (χ3n) is 1.57. The highest BCUT2D eigenvalue weighted by Gasteiger charge is 1.96. The van der Waals surface area contributed by atoms with Gasteiger partial charge in [0.1, 0.15) is 0 Å². The maximum atomic E-state index is 10.8. The van der Waals surface area contributed by atoms with E-state index in [4.69, 9.17) is 0 Å². The molecule has 0 aliphatic heterocycles. The maximum Gasteiger partial charge on any atom is 0.314 e. The van der Waals surface area contributed by atoms with Crippen LogP contribution in [0.2, 0.25) is 0 Å². The zero-order valence-electron chi connectivity index (χ0n) is 8.04. The highest BCUT2D eigenvalue weighted by Crippen LogP contribution is 2.07. The standard InChI is InChI=1S/C8H14N4OS/c1-9-8(13)10-4-5-14-6-7-2-3-11-12-7/h2-3H,4-6H2,1H3,(H,11,12)(H2,9,10,13). The Bertz CT molecular complexity index is 262. The minimum absolute atomic E-state index is 0.134. The summed E-state index contributed by atoms with van der Waals surface area (Å²) in [6.45, 7) is 0.675. The zero-order valence-corrected chi connectivity index (χ0v) is 8.86. The van der Waals surface area contributed by atoms with Crippen molar-refractivity contribution in [1.29, 1.82) is 0 Å². The molecule has 1 rings (SSSR count). The van der Waals surface area contributed by atoms with Crippen LogP contribution in [-0.4, -0.2) is 35.6 Å². The molecule has 0 saturated carbocycles. The summed E-state index contributed by atoms with van der Waals surface area (Å²) in [4.78, 5) is 10.8. The summed E-state index contributed by atoms with van der Waals surface area (Å²) in [7, 11) is 1.60. The van der Waals surface area contributed by atoms with E-state index >= 15 is 0 Å². The maximum absolute atomic E-state index is 10.8. The molecule has 14 heavy (non-hydrogen) atoms. The topological polar surface area (TPSA) is 69.8 Å². The first-order valence-corrected chi connectivity index (χ1v) is 5.50. The van der Waals surface area contributed by atoms with Crippen LogP contribution in [0.3, 0.4) is 0 Å². The number of aromatic amines is 1. The molecule has 3 N–H and O–H groups in total. The predicted molar refractivity (Wildman–Crippen MR) is 57.2 cm³/mol. The van der Waals surface area contributed by atoms with E-state index in [9.17, 15) is 4.79 Å². The summed E-state index contributed by atoms with van der Waals surface area (Å²) in [6.07, 6.45) is 1.80. The van der Waals surface area contributed by atoms with Crippen molar-refractivity contribution in [1.82, 2.24) is 20.8 Å². The fraction of sp³-hybridized carbons (Fsp3) is 0.500. The van der Waals surface area contributed by atoms with Crippen LogP contribution in [-0.2, 0) is 5.75 Å². The number of hydrogen-bond acceptors (Lipinski definition) is 3. The monoisotopic (exact) mass is 214 g/mol. The molecule has 5 nitrogen and oxygen atoms in total. The minimum atomic E-state index is -0.134. The summed E-state index contributed by atoms with van der Waals surface area (Å²) >= 11 is 1.74. The second-order valence-corrected chi connectivity index (χ2v) is 3.73. The first-order valence-electron chi connectivity index (χ1n) is 4.35. The van der Waals surface area contributed by atoms with E-state index in [0.717, 1.165) is 17.2 Å². The molecular weight excluding hydrogens is 200 g/mol. The molecule has 0 saturated heterocycles. The quantitative estimate of drug-likeness (QED) is 0.628. The molecule has 0 aromatic carbocycles. The third kappa shape index (κ3) is 4.18. The second-order valence-electron chi connectivity index (χ2n) is 2.62. The third-order valence-corrected chi connectivity index (χ3v) is 2.56. The van der Waals surface area contributed by atoms with Gasteiger partial charge in [0.05, 0.1) is 5.69 Å². The van der Waals surface area contributed by atoms with E-state index in [1.807, 2.05) is 6.07 Å². The van der Waals surface area contributed by atoms with Gasteiger partial charge in [0.25, 0.3) is 0 Å². The van der Waals surface area contributed by atoms with Gasteiger partial charge in [-0.1, -0.05) is 0 Å². The van der Waals surface area contributed by atoms with Crippen molar-refractivity contribution in [3.05, 3.63) is 18.0 Å². The van der Waals surface area contributed by atoms with Gasteiger partial charge in [-0.05, 0) is 6.07 Å². The number of nitrogens with zero attached hydrogens (tertiary/aromatic N) is 1. The molecule has 0 aliphatic rings. The molecule has 0 aliphatic carbocycles. The van der Waals surface area contributed by atoms with Crippen LogP contribution in [0.5, 0.6) is 0 Å². The lowest BCUT2D eigenvalue weighted by molar-refractivity contribution is 0.243. The van der Waals surface area contributed by atoms with Crippen LogP contribution >= 0.6 is 11.8 Å². The van der Waals surface area contributed by atoms with Crippen LogP contribution in [0.1, 0.15) is 5.69 Å². The van der Waals surface area contributed by atoms with Crippen molar-refractivity contribution in [3.63, 3.8) is 0 Å². The summed E-state index contributed by atoms with van der Waals surface area (Å²) in [5.41, 5.74) is 1.04. The van der Waals surface area contributed by atoms with Gasteiger partial charge in [0, 0.05) is 31.3 Å². The Labute approximate surface area is 87.0 Å². The van der Waals surface area contributed by atoms with E-state index in [1.54, 1.807) is 25.0 Å². The van der Waals surface area contributed by atoms with Gasteiger partial charge in [-0.3, -0.25) is 5.10 Å². The van der Waals surface area contributed by atoms with Gasteiger partial charge in [0.2, 0.25) is 0 Å². The van der Waals surface area contributed by atoms with E-state index in [2.05, 4.69) is 20.8 Å². The number of H-pyrrole nitrogens is 1. The zero-order chi connectivity index (χ0) is 10.2. The van der Waals surface area contributed by atoms with Gasteiger partial charge >= 0.3 is 6.03 Å². The number of carbonyl (C=O) groups excluding carboxylic acids is 1. The molecule has 1 aromatic rings. The van der Waals surface area contributed by atoms with Gasteiger partial charge in [-0.15, -0.1) is 0 Å². The smallest absolute Gasteiger partial charge is 0.314 e. The normalized spacial score (nSPS) is 9.79. The van der Waals surface area contributed by atoms with Crippen molar-refractivity contribution in [2.45, 2.75) is 5.75 Å². The van der Waals surface area contributed by atoms with Crippen LogP contribution in [0.25, 0.3) is 0 Å². The average Bonchev–Trinajstić information content (AvgIpc) is 2.69. The molecule has 6 heteroatoms. The summed E-state index contributed by atoms with van der Waals surface area (Å²) in [5, 5.41) is 12.0. The lowest BCUT2D eigenvalue weighted by Gasteiger charge is -2.02. The van der Waals surface area contributed by atoms with Crippen molar-refractivity contribution in [2.24, 2.45) is 0 Å². The molecule has 0 bridgehead atoms. The molecule has 0 atom stereocenters. The van der Waals surface area contributed by atoms with E-state index in [1.165, 1.54) is 0 Å². The Morgan fingerprint density at radius 3 is 3.21 bits per heavy atom. The molecule has 78 valence electrons. The van der Waals surface area contributed by atoms with Crippen LogP contribution < -0.4 is 10.6 Å². The highest BCUT2D eigenvalue weighted by atomic mass is 32.2. The number of rotatable bonds is 5. The SMILES string of the molecule is CNC(=O)NCCSCc1cc[nH]n1. The number of amides is 2. The predicted octanol–water partition coefficient (Wildman–Crippen LogP) is 0.572.